The highest BCUT2D eigenvalue weighted by molar-refractivity contribution is 7.98. The average molecular weight is 760 g/mol. The Bertz CT molecular complexity index is 1620. The molecule has 0 aliphatic rings. The summed E-state index contributed by atoms with van der Waals surface area (Å²) in [5.74, 6) is 3.08. The van der Waals surface area contributed by atoms with Crippen LogP contribution in [0.1, 0.15) is 49.2 Å². The first kappa shape index (κ1) is 43.6. The van der Waals surface area contributed by atoms with Gasteiger partial charge in [-0.25, -0.2) is 4.98 Å². The van der Waals surface area contributed by atoms with Crippen LogP contribution in [0.5, 0.6) is 11.5 Å². The van der Waals surface area contributed by atoms with Gasteiger partial charge in [0.25, 0.3) is 0 Å². The van der Waals surface area contributed by atoms with Gasteiger partial charge in [-0.3, -0.25) is 14.5 Å². The van der Waals surface area contributed by atoms with Gasteiger partial charge in [0.1, 0.15) is 17.2 Å². The predicted molar refractivity (Wildman–Crippen MR) is 204 cm³/mol. The summed E-state index contributed by atoms with van der Waals surface area (Å²) in [6.07, 6.45) is 5.23. The molecule has 0 radical (unpaired) electrons. The zero-order valence-corrected chi connectivity index (χ0v) is 33.1. The Hall–Kier alpha value is -3.80. The lowest BCUT2D eigenvalue weighted by Gasteiger charge is -2.11. The van der Waals surface area contributed by atoms with Crippen molar-refractivity contribution in [3.05, 3.63) is 53.1 Å². The SMILES string of the molecule is CNC(=O)CCOCCOCCOCCOCCOCc1cn(CCC(C)C)nn1.COc1ccc2nc(SCc3ncc(C)c(OC)c3C)[nH]c2c1. The van der Waals surface area contributed by atoms with Gasteiger partial charge in [0.05, 0.1) is 103 Å². The number of carbonyl (C=O) groups is 1. The zero-order valence-electron chi connectivity index (χ0n) is 32.3. The number of amides is 1. The van der Waals surface area contributed by atoms with Gasteiger partial charge in [-0.1, -0.05) is 30.8 Å². The van der Waals surface area contributed by atoms with Crippen LogP contribution in [-0.2, 0) is 47.4 Å². The molecule has 0 spiro atoms. The van der Waals surface area contributed by atoms with Crippen LogP contribution in [0.2, 0.25) is 0 Å². The van der Waals surface area contributed by atoms with E-state index in [0.29, 0.717) is 78.4 Å². The van der Waals surface area contributed by atoms with Crippen LogP contribution < -0.4 is 14.8 Å². The first-order valence-electron chi connectivity index (χ1n) is 17.9. The number of carbonyl (C=O) groups excluding carboxylic acids is 1. The monoisotopic (exact) mass is 759 g/mol. The van der Waals surface area contributed by atoms with E-state index in [1.54, 1.807) is 33.0 Å². The number of rotatable bonds is 25. The largest absolute Gasteiger partial charge is 0.497 e. The van der Waals surface area contributed by atoms with E-state index in [2.05, 4.69) is 44.4 Å². The second-order valence-corrected chi connectivity index (χ2v) is 13.3. The number of hydrogen-bond acceptors (Lipinski definition) is 13. The molecule has 15 nitrogen and oxygen atoms in total. The second kappa shape index (κ2) is 25.3. The predicted octanol–water partition coefficient (Wildman–Crippen LogP) is 4.93. The number of hydrogen-bond donors (Lipinski definition) is 2. The third-order valence-corrected chi connectivity index (χ3v) is 8.66. The van der Waals surface area contributed by atoms with Crippen LogP contribution in [0, 0.1) is 19.8 Å². The number of aryl methyl sites for hydroxylation is 2. The molecular formula is C37H57N7O8S. The molecule has 16 heteroatoms. The molecule has 0 saturated carbocycles. The summed E-state index contributed by atoms with van der Waals surface area (Å²) in [6, 6.07) is 5.81. The van der Waals surface area contributed by atoms with E-state index in [9.17, 15) is 4.79 Å². The lowest BCUT2D eigenvalue weighted by Crippen LogP contribution is -2.20. The summed E-state index contributed by atoms with van der Waals surface area (Å²) in [5.41, 5.74) is 5.87. The summed E-state index contributed by atoms with van der Waals surface area (Å²) in [6.45, 7) is 14.1. The number of H-pyrrole nitrogens is 1. The van der Waals surface area contributed by atoms with Crippen molar-refractivity contribution in [2.45, 2.75) is 64.6 Å². The molecule has 0 saturated heterocycles. The lowest BCUT2D eigenvalue weighted by molar-refractivity contribution is -0.121. The highest BCUT2D eigenvalue weighted by atomic mass is 32.2. The number of ether oxygens (including phenoxy) is 7. The standard InChI is InChI=1S/C20H38N4O6.C17H19N3O2S/c1-18(2)4-6-24-16-19(22-23-24)17-30-15-14-29-13-12-28-11-10-27-9-8-26-7-5-20(25)21-3;1-10-8-18-15(11(2)16(10)22-4)9-23-17-19-13-6-5-12(21-3)7-14(13)20-17/h16,18H,4-15,17H2,1-3H3,(H,21,25);5-8H,9H2,1-4H3,(H,19,20). The van der Waals surface area contributed by atoms with Crippen molar-refractivity contribution in [3.8, 4) is 11.5 Å². The van der Waals surface area contributed by atoms with Crippen LogP contribution in [0.4, 0.5) is 0 Å². The van der Waals surface area contributed by atoms with Crippen LogP contribution >= 0.6 is 11.8 Å². The van der Waals surface area contributed by atoms with E-state index in [1.807, 2.05) is 49.1 Å². The lowest BCUT2D eigenvalue weighted by atomic mass is 10.1. The third-order valence-electron chi connectivity index (χ3n) is 7.77. The molecule has 1 amide bonds. The summed E-state index contributed by atoms with van der Waals surface area (Å²) in [5, 5.41) is 11.6. The molecule has 3 heterocycles. The number of aromatic nitrogens is 6. The Morgan fingerprint density at radius 1 is 0.925 bits per heavy atom. The number of imidazole rings is 1. The fourth-order valence-corrected chi connectivity index (χ4v) is 5.67. The van der Waals surface area contributed by atoms with Crippen LogP contribution in [0.25, 0.3) is 11.0 Å². The average Bonchev–Trinajstić information content (AvgIpc) is 3.80. The minimum Gasteiger partial charge on any atom is -0.497 e. The number of nitrogens with one attached hydrogen (secondary N) is 2. The highest BCUT2D eigenvalue weighted by Crippen LogP contribution is 2.29. The molecule has 0 aliphatic heterocycles. The van der Waals surface area contributed by atoms with E-state index < -0.39 is 0 Å². The summed E-state index contributed by atoms with van der Waals surface area (Å²) < 4.78 is 39.6. The molecule has 53 heavy (non-hydrogen) atoms. The minimum atomic E-state index is -0.0281. The Balaban J connectivity index is 0.000000294. The van der Waals surface area contributed by atoms with Crippen molar-refractivity contribution in [1.29, 1.82) is 0 Å². The molecule has 2 N–H and O–H groups in total. The van der Waals surface area contributed by atoms with Crippen molar-refractivity contribution in [3.63, 3.8) is 0 Å². The quantitative estimate of drug-likeness (QED) is 0.0691. The maximum atomic E-state index is 11.0. The Morgan fingerprint density at radius 2 is 1.58 bits per heavy atom. The van der Waals surface area contributed by atoms with Gasteiger partial charge in [-0.05, 0) is 38.3 Å². The van der Waals surface area contributed by atoms with Crippen LogP contribution in [0.15, 0.2) is 35.7 Å². The Labute approximate surface area is 317 Å². The first-order valence-corrected chi connectivity index (χ1v) is 18.9. The molecule has 4 rings (SSSR count). The molecule has 3 aromatic heterocycles. The molecule has 294 valence electrons. The van der Waals surface area contributed by atoms with Gasteiger partial charge in [-0.2, -0.15) is 0 Å². The van der Waals surface area contributed by atoms with Gasteiger partial charge in [-0.15, -0.1) is 5.10 Å². The molecule has 0 atom stereocenters. The molecule has 0 bridgehead atoms. The number of pyridine rings is 1. The summed E-state index contributed by atoms with van der Waals surface area (Å²) in [4.78, 5) is 23.4. The number of fused-ring (bicyclic) bond motifs is 1. The van der Waals surface area contributed by atoms with Crippen molar-refractivity contribution in [2.24, 2.45) is 5.92 Å². The third kappa shape index (κ3) is 16.8. The number of benzene rings is 1. The van der Waals surface area contributed by atoms with Crippen molar-refractivity contribution in [2.75, 3.05) is 80.7 Å². The van der Waals surface area contributed by atoms with E-state index in [4.69, 9.17) is 33.2 Å². The van der Waals surface area contributed by atoms with E-state index in [0.717, 1.165) is 68.9 Å². The fourth-order valence-electron chi connectivity index (χ4n) is 4.76. The number of aromatic amines is 1. The van der Waals surface area contributed by atoms with Crippen LogP contribution in [-0.4, -0.2) is 117 Å². The second-order valence-electron chi connectivity index (χ2n) is 12.3. The van der Waals surface area contributed by atoms with Crippen molar-refractivity contribution in [1.82, 2.24) is 35.3 Å². The minimum absolute atomic E-state index is 0.0281. The molecule has 4 aromatic rings. The number of thioether (sulfide) groups is 1. The topological polar surface area (TPSA) is 166 Å². The summed E-state index contributed by atoms with van der Waals surface area (Å²) in [7, 11) is 4.96. The van der Waals surface area contributed by atoms with Crippen LogP contribution in [0.3, 0.4) is 0 Å². The Morgan fingerprint density at radius 3 is 2.21 bits per heavy atom. The van der Waals surface area contributed by atoms with Gasteiger partial charge < -0.3 is 43.5 Å². The van der Waals surface area contributed by atoms with Gasteiger partial charge in [0, 0.05) is 49.2 Å². The van der Waals surface area contributed by atoms with Gasteiger partial charge >= 0.3 is 0 Å². The van der Waals surface area contributed by atoms with E-state index >= 15 is 0 Å². The maximum absolute atomic E-state index is 11.0. The smallest absolute Gasteiger partial charge is 0.222 e. The van der Waals surface area contributed by atoms with Crippen molar-refractivity contribution >= 4 is 28.7 Å². The molecule has 0 fully saturated rings. The molecule has 0 unspecified atom stereocenters. The fraction of sp³-hybridized carbons (Fsp3) is 0.595. The number of methoxy groups -OCH3 is 2. The number of nitrogens with zero attached hydrogens (tertiary/aromatic N) is 5. The van der Waals surface area contributed by atoms with Crippen molar-refractivity contribution < 1.29 is 38.0 Å². The first-order chi connectivity index (χ1) is 25.7. The maximum Gasteiger partial charge on any atom is 0.222 e. The van der Waals surface area contributed by atoms with Gasteiger partial charge in [0.2, 0.25) is 5.91 Å². The highest BCUT2D eigenvalue weighted by Gasteiger charge is 2.12. The van der Waals surface area contributed by atoms with E-state index in [-0.39, 0.29) is 5.91 Å². The summed E-state index contributed by atoms with van der Waals surface area (Å²) >= 11 is 1.63. The molecule has 1 aromatic carbocycles. The Kier molecular flexibility index (Phi) is 20.8. The normalized spacial score (nSPS) is 11.2. The van der Waals surface area contributed by atoms with E-state index in [1.165, 1.54) is 0 Å². The molecule has 0 aliphatic carbocycles. The zero-order chi connectivity index (χ0) is 38.3. The van der Waals surface area contributed by atoms with Gasteiger partial charge in [0.15, 0.2) is 5.16 Å². The molecular weight excluding hydrogens is 703 g/mol.